The number of rotatable bonds is 6. The molecule has 0 aromatic heterocycles. The highest BCUT2D eigenvalue weighted by molar-refractivity contribution is 6.25. The lowest BCUT2D eigenvalue weighted by Crippen LogP contribution is -2.11. The molecule has 1 atom stereocenters. The van der Waals surface area contributed by atoms with E-state index >= 15 is 0 Å². The van der Waals surface area contributed by atoms with Crippen LogP contribution in [-0.2, 0) is 9.59 Å². The van der Waals surface area contributed by atoms with E-state index in [4.69, 9.17) is 4.74 Å². The first kappa shape index (κ1) is 15.0. The molecule has 2 rings (SSSR count). The molecule has 0 aliphatic heterocycles. The van der Waals surface area contributed by atoms with Crippen molar-refractivity contribution < 1.29 is 14.3 Å². The Labute approximate surface area is 124 Å². The summed E-state index contributed by atoms with van der Waals surface area (Å²) in [4.78, 5) is 22.4. The quantitative estimate of drug-likeness (QED) is 0.603. The average Bonchev–Trinajstić information content (AvgIpc) is 2.53. The van der Waals surface area contributed by atoms with Crippen molar-refractivity contribution in [3.63, 3.8) is 0 Å². The van der Waals surface area contributed by atoms with Crippen LogP contribution in [0.25, 0.3) is 0 Å². The summed E-state index contributed by atoms with van der Waals surface area (Å²) in [5.41, 5.74) is 3.01. The van der Waals surface area contributed by atoms with E-state index < -0.39 is 5.78 Å². The fraction of sp³-hybridized carbons (Fsp3) is 0.222. The summed E-state index contributed by atoms with van der Waals surface area (Å²) in [6.07, 6.45) is 0.533. The van der Waals surface area contributed by atoms with Gasteiger partial charge in [0.2, 0.25) is 0 Å². The van der Waals surface area contributed by atoms with E-state index in [0.29, 0.717) is 6.29 Å². The molecule has 108 valence electrons. The van der Waals surface area contributed by atoms with Gasteiger partial charge in [-0.15, -0.1) is 0 Å². The number of hydrogen-bond acceptors (Lipinski definition) is 3. The summed E-state index contributed by atoms with van der Waals surface area (Å²) in [6.45, 7) is 1.99. The lowest BCUT2D eigenvalue weighted by molar-refractivity contribution is -0.130. The number of ketones is 1. The van der Waals surface area contributed by atoms with E-state index in [-0.39, 0.29) is 12.3 Å². The van der Waals surface area contributed by atoms with Gasteiger partial charge in [0, 0.05) is 17.9 Å². The third-order valence-electron chi connectivity index (χ3n) is 3.50. The number of aldehydes is 1. The number of benzene rings is 2. The molecule has 0 bridgehead atoms. The predicted molar refractivity (Wildman–Crippen MR) is 81.7 cm³/mol. The molecule has 3 nitrogen and oxygen atoms in total. The molecule has 2 aromatic carbocycles. The molecule has 2 aromatic rings. The monoisotopic (exact) mass is 282 g/mol. The first-order valence-electron chi connectivity index (χ1n) is 6.83. The van der Waals surface area contributed by atoms with Crippen molar-refractivity contribution in [2.45, 2.75) is 19.3 Å². The smallest absolute Gasteiger partial charge is 0.196 e. The van der Waals surface area contributed by atoms with Gasteiger partial charge in [0.25, 0.3) is 0 Å². The zero-order valence-corrected chi connectivity index (χ0v) is 12.2. The van der Waals surface area contributed by atoms with E-state index in [1.165, 1.54) is 0 Å². The Morgan fingerprint density at radius 1 is 1.19 bits per heavy atom. The fourth-order valence-electron chi connectivity index (χ4n) is 2.47. The Kier molecular flexibility index (Phi) is 4.88. The Balaban J connectivity index is 2.51. The van der Waals surface area contributed by atoms with Crippen LogP contribution < -0.4 is 4.74 Å². The number of carbonyl (C=O) groups excluding carboxylic acids is 2. The predicted octanol–water partition coefficient (Wildman–Crippen LogP) is 3.29. The molecule has 0 aliphatic carbocycles. The van der Waals surface area contributed by atoms with Crippen molar-refractivity contribution in [3.05, 3.63) is 65.2 Å². The van der Waals surface area contributed by atoms with Crippen molar-refractivity contribution in [2.75, 3.05) is 7.11 Å². The van der Waals surface area contributed by atoms with E-state index in [9.17, 15) is 9.59 Å². The lowest BCUT2D eigenvalue weighted by atomic mass is 9.86. The number of methoxy groups -OCH3 is 1. The largest absolute Gasteiger partial charge is 0.496 e. The third-order valence-corrected chi connectivity index (χ3v) is 3.50. The van der Waals surface area contributed by atoms with Crippen LogP contribution in [0.1, 0.15) is 29.0 Å². The van der Waals surface area contributed by atoms with Gasteiger partial charge in [-0.3, -0.25) is 9.59 Å². The van der Waals surface area contributed by atoms with E-state index in [1.807, 2.05) is 55.5 Å². The Morgan fingerprint density at radius 3 is 2.52 bits per heavy atom. The van der Waals surface area contributed by atoms with E-state index in [1.54, 1.807) is 7.11 Å². The topological polar surface area (TPSA) is 43.4 Å². The summed E-state index contributed by atoms with van der Waals surface area (Å²) in [7, 11) is 1.61. The zero-order valence-electron chi connectivity index (χ0n) is 12.2. The molecule has 0 N–H and O–H groups in total. The molecule has 0 fully saturated rings. The van der Waals surface area contributed by atoms with Crippen LogP contribution in [0.15, 0.2) is 48.5 Å². The maximum Gasteiger partial charge on any atom is 0.196 e. The summed E-state index contributed by atoms with van der Waals surface area (Å²) < 4.78 is 5.42. The van der Waals surface area contributed by atoms with E-state index in [2.05, 4.69) is 0 Å². The molecule has 21 heavy (non-hydrogen) atoms. The number of hydrogen-bond donors (Lipinski definition) is 0. The Bertz CT molecular complexity index is 632. The van der Waals surface area contributed by atoms with Crippen molar-refractivity contribution in [1.29, 1.82) is 0 Å². The van der Waals surface area contributed by atoms with Gasteiger partial charge in [-0.05, 0) is 18.6 Å². The van der Waals surface area contributed by atoms with Crippen molar-refractivity contribution >= 4 is 12.1 Å². The van der Waals surface area contributed by atoms with Crippen LogP contribution in [0, 0.1) is 6.92 Å². The number of carbonyl (C=O) groups is 2. The maximum absolute atomic E-state index is 11.6. The second-order valence-corrected chi connectivity index (χ2v) is 5.00. The highest BCUT2D eigenvalue weighted by Gasteiger charge is 2.21. The molecular formula is C18H18O3. The highest BCUT2D eigenvalue weighted by atomic mass is 16.5. The summed E-state index contributed by atoms with van der Waals surface area (Å²) >= 11 is 0. The molecule has 0 aliphatic rings. The van der Waals surface area contributed by atoms with Crippen LogP contribution in [-0.4, -0.2) is 19.2 Å². The average molecular weight is 282 g/mol. The molecule has 0 spiro atoms. The van der Waals surface area contributed by atoms with E-state index in [0.717, 1.165) is 22.4 Å². The standard InChI is InChI=1S/C18H18O3/c1-13-8-9-18(21-2)17(10-13)16(11-15(20)12-19)14-6-4-3-5-7-14/h3-10,12,16H,11H2,1-2H3. The van der Waals surface area contributed by atoms with Gasteiger partial charge in [0.1, 0.15) is 5.75 Å². The molecular weight excluding hydrogens is 264 g/mol. The van der Waals surface area contributed by atoms with Crippen LogP contribution in [0.3, 0.4) is 0 Å². The number of ether oxygens (including phenoxy) is 1. The van der Waals surface area contributed by atoms with Gasteiger partial charge < -0.3 is 4.74 Å². The van der Waals surface area contributed by atoms with Crippen LogP contribution in [0.4, 0.5) is 0 Å². The minimum Gasteiger partial charge on any atom is -0.496 e. The van der Waals surface area contributed by atoms with Gasteiger partial charge in [0.15, 0.2) is 12.1 Å². The molecule has 0 saturated carbocycles. The Morgan fingerprint density at radius 2 is 1.90 bits per heavy atom. The van der Waals surface area contributed by atoms with Crippen LogP contribution >= 0.6 is 0 Å². The molecule has 0 heterocycles. The molecule has 0 amide bonds. The fourth-order valence-corrected chi connectivity index (χ4v) is 2.47. The van der Waals surface area contributed by atoms with Gasteiger partial charge >= 0.3 is 0 Å². The number of aryl methyl sites for hydroxylation is 1. The second-order valence-electron chi connectivity index (χ2n) is 5.00. The molecule has 1 unspecified atom stereocenters. The summed E-state index contributed by atoms with van der Waals surface area (Å²) in [5, 5.41) is 0. The maximum atomic E-state index is 11.6. The molecule has 3 heteroatoms. The molecule has 0 radical (unpaired) electrons. The van der Waals surface area contributed by atoms with Crippen molar-refractivity contribution in [1.82, 2.24) is 0 Å². The normalized spacial score (nSPS) is 11.7. The minimum absolute atomic E-state index is 0.146. The van der Waals surface area contributed by atoms with Gasteiger partial charge in [0.05, 0.1) is 7.11 Å². The van der Waals surface area contributed by atoms with Gasteiger partial charge in [-0.25, -0.2) is 0 Å². The molecule has 0 saturated heterocycles. The number of Topliss-reactive ketones (excluding diaryl/α,β-unsaturated/α-hetero) is 1. The highest BCUT2D eigenvalue weighted by Crippen LogP contribution is 2.35. The zero-order chi connectivity index (χ0) is 15.2. The summed E-state index contributed by atoms with van der Waals surface area (Å²) in [5.74, 6) is 0.138. The first-order valence-corrected chi connectivity index (χ1v) is 6.83. The van der Waals surface area contributed by atoms with Gasteiger partial charge in [-0.1, -0.05) is 48.0 Å². The SMILES string of the molecule is COc1ccc(C)cc1C(CC(=O)C=O)c1ccccc1. The summed E-state index contributed by atoms with van der Waals surface area (Å²) in [6, 6.07) is 15.6. The third kappa shape index (κ3) is 3.57. The van der Waals surface area contributed by atoms with Crippen molar-refractivity contribution in [2.24, 2.45) is 0 Å². The van der Waals surface area contributed by atoms with Crippen LogP contribution in [0.5, 0.6) is 5.75 Å². The Hall–Kier alpha value is -2.42. The first-order chi connectivity index (χ1) is 10.2. The van der Waals surface area contributed by atoms with Crippen LogP contribution in [0.2, 0.25) is 0 Å². The second kappa shape index (κ2) is 6.84. The van der Waals surface area contributed by atoms with Crippen molar-refractivity contribution in [3.8, 4) is 5.75 Å². The lowest BCUT2D eigenvalue weighted by Gasteiger charge is -2.20. The minimum atomic E-state index is -0.410. The van der Waals surface area contributed by atoms with Gasteiger partial charge in [-0.2, -0.15) is 0 Å².